The van der Waals surface area contributed by atoms with Gasteiger partial charge in [-0.1, -0.05) is 55.1 Å². The van der Waals surface area contributed by atoms with Crippen molar-refractivity contribution >= 4 is 5.91 Å². The predicted molar refractivity (Wildman–Crippen MR) is 95.7 cm³/mol. The number of hydrogen-bond acceptors (Lipinski definition) is 2. The monoisotopic (exact) mass is 317 g/mol. The minimum atomic E-state index is -0.168. The highest BCUT2D eigenvalue weighted by Crippen LogP contribution is 2.24. The van der Waals surface area contributed by atoms with Crippen LogP contribution in [0, 0.1) is 0 Å². The van der Waals surface area contributed by atoms with Crippen molar-refractivity contribution in [2.24, 2.45) is 0 Å². The summed E-state index contributed by atoms with van der Waals surface area (Å²) in [6, 6.07) is 20.1. The van der Waals surface area contributed by atoms with Gasteiger partial charge in [0.1, 0.15) is 5.82 Å². The lowest BCUT2D eigenvalue weighted by molar-refractivity contribution is -0.117. The molecule has 0 aliphatic rings. The molecule has 3 rings (SSSR count). The fourth-order valence-electron chi connectivity index (χ4n) is 2.50. The van der Waals surface area contributed by atoms with Gasteiger partial charge in [-0.2, -0.15) is 0 Å². The van der Waals surface area contributed by atoms with E-state index in [1.165, 1.54) is 0 Å². The van der Waals surface area contributed by atoms with E-state index in [-0.39, 0.29) is 5.91 Å². The number of nitrogens with one attached hydrogen (secondary N) is 1. The molecule has 0 spiro atoms. The van der Waals surface area contributed by atoms with Gasteiger partial charge >= 0.3 is 0 Å². The van der Waals surface area contributed by atoms with E-state index in [0.29, 0.717) is 12.1 Å². The van der Waals surface area contributed by atoms with Crippen molar-refractivity contribution in [1.29, 1.82) is 0 Å². The van der Waals surface area contributed by atoms with Gasteiger partial charge in [-0.25, -0.2) is 4.98 Å². The molecule has 0 fully saturated rings. The molecule has 0 atom stereocenters. The number of rotatable bonds is 5. The Morgan fingerprint density at radius 1 is 1.08 bits per heavy atom. The Balaban J connectivity index is 2.02. The number of carbonyl (C=O) groups excluding carboxylic acids is 1. The van der Waals surface area contributed by atoms with Gasteiger partial charge in [-0.05, 0) is 19.1 Å². The summed E-state index contributed by atoms with van der Waals surface area (Å²) in [6.45, 7) is 5.69. The van der Waals surface area contributed by atoms with Crippen LogP contribution in [-0.2, 0) is 11.3 Å². The summed E-state index contributed by atoms with van der Waals surface area (Å²) < 4.78 is 2.06. The van der Waals surface area contributed by atoms with Crippen molar-refractivity contribution < 1.29 is 4.79 Å². The molecule has 0 bridgehead atoms. The van der Waals surface area contributed by atoms with Gasteiger partial charge in [0.25, 0.3) is 0 Å². The molecule has 0 saturated carbocycles. The summed E-state index contributed by atoms with van der Waals surface area (Å²) in [7, 11) is 0. The van der Waals surface area contributed by atoms with Gasteiger partial charge in [0.05, 0.1) is 18.4 Å². The van der Waals surface area contributed by atoms with E-state index in [1.54, 1.807) is 6.92 Å². The molecule has 0 aliphatic carbocycles. The van der Waals surface area contributed by atoms with Gasteiger partial charge < -0.3 is 5.32 Å². The smallest absolute Gasteiger partial charge is 0.246 e. The Hall–Kier alpha value is -3.14. The molecule has 4 heteroatoms. The number of nitrogens with zero attached hydrogens (tertiary/aromatic N) is 2. The number of amides is 1. The first-order valence-corrected chi connectivity index (χ1v) is 7.78. The number of aromatic nitrogens is 2. The lowest BCUT2D eigenvalue weighted by Crippen LogP contribution is -2.24. The van der Waals surface area contributed by atoms with Crippen LogP contribution in [0.25, 0.3) is 16.9 Å². The molecule has 3 aromatic rings. The third-order valence-electron chi connectivity index (χ3n) is 3.71. The van der Waals surface area contributed by atoms with Crippen LogP contribution >= 0.6 is 0 Å². The highest BCUT2D eigenvalue weighted by atomic mass is 16.1. The van der Waals surface area contributed by atoms with Crippen molar-refractivity contribution in [3.63, 3.8) is 0 Å². The highest BCUT2D eigenvalue weighted by Gasteiger charge is 2.14. The fourth-order valence-corrected chi connectivity index (χ4v) is 2.50. The number of carbonyl (C=O) groups is 1. The van der Waals surface area contributed by atoms with Crippen LogP contribution < -0.4 is 5.32 Å². The second kappa shape index (κ2) is 6.96. The zero-order chi connectivity index (χ0) is 16.9. The molecule has 1 aromatic heterocycles. The SMILES string of the molecule is C=C(C)C(=O)NCc1ncc(-c2ccccc2)n1-c1ccccc1. The van der Waals surface area contributed by atoms with Gasteiger partial charge in [0.2, 0.25) is 5.91 Å². The van der Waals surface area contributed by atoms with E-state index in [9.17, 15) is 4.79 Å². The summed E-state index contributed by atoms with van der Waals surface area (Å²) in [6.07, 6.45) is 1.84. The van der Waals surface area contributed by atoms with Crippen LogP contribution in [0.1, 0.15) is 12.7 Å². The first kappa shape index (κ1) is 15.7. The van der Waals surface area contributed by atoms with Crippen molar-refractivity contribution in [2.45, 2.75) is 13.5 Å². The van der Waals surface area contributed by atoms with Crippen LogP contribution in [0.2, 0.25) is 0 Å². The van der Waals surface area contributed by atoms with Crippen molar-refractivity contribution in [3.8, 4) is 16.9 Å². The number of benzene rings is 2. The zero-order valence-corrected chi connectivity index (χ0v) is 13.6. The maximum atomic E-state index is 11.8. The van der Waals surface area contributed by atoms with Crippen molar-refractivity contribution in [3.05, 3.63) is 84.8 Å². The predicted octanol–water partition coefficient (Wildman–Crippen LogP) is 3.73. The zero-order valence-electron chi connectivity index (χ0n) is 13.6. The molecule has 0 unspecified atom stereocenters. The van der Waals surface area contributed by atoms with E-state index >= 15 is 0 Å². The van der Waals surface area contributed by atoms with Gasteiger partial charge in [-0.3, -0.25) is 9.36 Å². The molecule has 1 heterocycles. The average molecular weight is 317 g/mol. The second-order valence-electron chi connectivity index (χ2n) is 5.56. The standard InChI is InChI=1S/C20H19N3O/c1-15(2)20(24)22-14-19-21-13-18(16-9-5-3-6-10-16)23(19)17-11-7-4-8-12-17/h3-13H,1,14H2,2H3,(H,22,24). The first-order chi connectivity index (χ1) is 11.7. The van der Waals surface area contributed by atoms with Gasteiger partial charge in [0, 0.05) is 16.8 Å². The summed E-state index contributed by atoms with van der Waals surface area (Å²) in [5.41, 5.74) is 3.55. The first-order valence-electron chi connectivity index (χ1n) is 7.78. The molecular formula is C20H19N3O. The fraction of sp³-hybridized carbons (Fsp3) is 0.100. The highest BCUT2D eigenvalue weighted by molar-refractivity contribution is 5.91. The summed E-state index contributed by atoms with van der Waals surface area (Å²) in [5, 5.41) is 2.85. The van der Waals surface area contributed by atoms with E-state index in [4.69, 9.17) is 0 Å². The topological polar surface area (TPSA) is 46.9 Å². The molecule has 1 amide bonds. The lowest BCUT2D eigenvalue weighted by Gasteiger charge is -2.13. The maximum absolute atomic E-state index is 11.8. The molecule has 2 aromatic carbocycles. The second-order valence-corrected chi connectivity index (χ2v) is 5.56. The lowest BCUT2D eigenvalue weighted by atomic mass is 10.1. The minimum absolute atomic E-state index is 0.168. The van der Waals surface area contributed by atoms with Crippen LogP contribution in [0.4, 0.5) is 0 Å². The Kier molecular flexibility index (Phi) is 4.57. The minimum Gasteiger partial charge on any atom is -0.345 e. The van der Waals surface area contributed by atoms with Crippen molar-refractivity contribution in [1.82, 2.24) is 14.9 Å². The van der Waals surface area contributed by atoms with Crippen LogP contribution in [0.15, 0.2) is 79.0 Å². The number of para-hydroxylation sites is 1. The molecule has 0 aliphatic heterocycles. The van der Waals surface area contributed by atoms with Gasteiger partial charge in [-0.15, -0.1) is 0 Å². The quantitative estimate of drug-likeness (QED) is 0.729. The molecular weight excluding hydrogens is 298 g/mol. The molecule has 120 valence electrons. The van der Waals surface area contributed by atoms with Crippen molar-refractivity contribution in [2.75, 3.05) is 0 Å². The summed E-state index contributed by atoms with van der Waals surface area (Å²) in [5.74, 6) is 0.605. The summed E-state index contributed by atoms with van der Waals surface area (Å²) in [4.78, 5) is 16.3. The Morgan fingerprint density at radius 3 is 2.33 bits per heavy atom. The molecule has 0 saturated heterocycles. The van der Waals surface area contributed by atoms with E-state index in [1.807, 2.05) is 66.9 Å². The van der Waals surface area contributed by atoms with E-state index in [2.05, 4.69) is 21.4 Å². The van der Waals surface area contributed by atoms with Crippen LogP contribution in [0.5, 0.6) is 0 Å². The third-order valence-corrected chi connectivity index (χ3v) is 3.71. The largest absolute Gasteiger partial charge is 0.345 e. The molecule has 0 radical (unpaired) electrons. The number of imidazole rings is 1. The maximum Gasteiger partial charge on any atom is 0.246 e. The average Bonchev–Trinajstić information content (AvgIpc) is 3.05. The van der Waals surface area contributed by atoms with Gasteiger partial charge in [0.15, 0.2) is 0 Å². The summed E-state index contributed by atoms with van der Waals surface area (Å²) >= 11 is 0. The molecule has 24 heavy (non-hydrogen) atoms. The third kappa shape index (κ3) is 3.27. The number of hydrogen-bond donors (Lipinski definition) is 1. The Bertz CT molecular complexity index is 851. The molecule has 1 N–H and O–H groups in total. The van der Waals surface area contributed by atoms with E-state index < -0.39 is 0 Å². The van der Waals surface area contributed by atoms with Crippen LogP contribution in [-0.4, -0.2) is 15.5 Å². The van der Waals surface area contributed by atoms with Crippen LogP contribution in [0.3, 0.4) is 0 Å². The Labute approximate surface area is 141 Å². The normalized spacial score (nSPS) is 10.4. The van der Waals surface area contributed by atoms with E-state index in [0.717, 1.165) is 22.8 Å². The molecule has 4 nitrogen and oxygen atoms in total. The Morgan fingerprint density at radius 2 is 1.71 bits per heavy atom.